The average Bonchev–Trinajstić information content (AvgIpc) is 3.58. The number of carbonyl (C=O) groups is 2. The molecule has 158 valence electrons. The fourth-order valence-electron chi connectivity index (χ4n) is 3.61. The van der Waals surface area contributed by atoms with E-state index in [2.05, 4.69) is 5.32 Å². The van der Waals surface area contributed by atoms with E-state index in [9.17, 15) is 26.8 Å². The van der Waals surface area contributed by atoms with Crippen LogP contribution < -0.4 is 5.32 Å². The van der Waals surface area contributed by atoms with E-state index in [-0.39, 0.29) is 17.4 Å². The van der Waals surface area contributed by atoms with E-state index in [1.165, 1.54) is 18.2 Å². The molecule has 0 spiro atoms. The highest BCUT2D eigenvalue weighted by molar-refractivity contribution is 7.91. The molecule has 2 amide bonds. The zero-order valence-electron chi connectivity index (χ0n) is 16.0. The minimum absolute atomic E-state index is 0.128. The summed E-state index contributed by atoms with van der Waals surface area (Å²) in [7, 11) is -4.92. The van der Waals surface area contributed by atoms with Crippen LogP contribution >= 0.6 is 0 Å². The quantitative estimate of drug-likeness (QED) is 0.783. The molecule has 0 unspecified atom stereocenters. The second kappa shape index (κ2) is 7.79. The lowest BCUT2D eigenvalue weighted by Crippen LogP contribution is -2.36. The van der Waals surface area contributed by atoms with Crippen LogP contribution in [0.25, 0.3) is 0 Å². The lowest BCUT2D eigenvalue weighted by atomic mass is 9.98. The van der Waals surface area contributed by atoms with Gasteiger partial charge < -0.3 is 10.2 Å². The van der Waals surface area contributed by atoms with Crippen LogP contribution in [0.2, 0.25) is 0 Å². The SMILES string of the molecule is O=C(Nc1ccc2c(c1)CN(C(=O)C1CC1)CC2)c1ccccc1S(=O)(=O)C(F)F. The van der Waals surface area contributed by atoms with Crippen LogP contribution in [0.5, 0.6) is 0 Å². The van der Waals surface area contributed by atoms with Crippen molar-refractivity contribution >= 4 is 27.3 Å². The Morgan fingerprint density at radius 2 is 1.80 bits per heavy atom. The van der Waals surface area contributed by atoms with Crippen LogP contribution in [-0.4, -0.2) is 37.4 Å². The Labute approximate surface area is 172 Å². The van der Waals surface area contributed by atoms with Crippen molar-refractivity contribution in [2.45, 2.75) is 36.5 Å². The van der Waals surface area contributed by atoms with Crippen molar-refractivity contribution in [3.63, 3.8) is 0 Å². The summed E-state index contributed by atoms with van der Waals surface area (Å²) in [6.45, 7) is 1.11. The lowest BCUT2D eigenvalue weighted by Gasteiger charge is -2.29. The number of benzene rings is 2. The average molecular weight is 434 g/mol. The lowest BCUT2D eigenvalue weighted by molar-refractivity contribution is -0.133. The second-order valence-electron chi connectivity index (χ2n) is 7.52. The molecular weight excluding hydrogens is 414 g/mol. The smallest absolute Gasteiger partial charge is 0.338 e. The number of alkyl halides is 2. The Morgan fingerprint density at radius 1 is 1.07 bits per heavy atom. The zero-order chi connectivity index (χ0) is 21.5. The van der Waals surface area contributed by atoms with Crippen molar-refractivity contribution in [2.75, 3.05) is 11.9 Å². The number of nitrogens with zero attached hydrogens (tertiary/aromatic N) is 1. The molecule has 1 heterocycles. The van der Waals surface area contributed by atoms with Gasteiger partial charge >= 0.3 is 5.76 Å². The van der Waals surface area contributed by atoms with Crippen LogP contribution in [0, 0.1) is 5.92 Å². The molecule has 30 heavy (non-hydrogen) atoms. The molecule has 6 nitrogen and oxygen atoms in total. The normalized spacial score (nSPS) is 16.3. The first kappa shape index (κ1) is 20.5. The molecule has 0 atom stereocenters. The first-order valence-electron chi connectivity index (χ1n) is 9.60. The van der Waals surface area contributed by atoms with E-state index in [1.807, 2.05) is 11.0 Å². The van der Waals surface area contributed by atoms with Gasteiger partial charge in [-0.2, -0.15) is 8.78 Å². The minimum Gasteiger partial charge on any atom is -0.338 e. The maximum atomic E-state index is 13.0. The highest BCUT2D eigenvalue weighted by Crippen LogP contribution is 2.33. The Balaban J connectivity index is 1.56. The van der Waals surface area contributed by atoms with Gasteiger partial charge in [-0.3, -0.25) is 9.59 Å². The van der Waals surface area contributed by atoms with E-state index in [4.69, 9.17) is 0 Å². The summed E-state index contributed by atoms with van der Waals surface area (Å²) in [5.74, 6) is -4.13. The maximum absolute atomic E-state index is 13.0. The molecule has 2 aliphatic rings. The van der Waals surface area contributed by atoms with Gasteiger partial charge in [0.2, 0.25) is 15.7 Å². The summed E-state index contributed by atoms with van der Waals surface area (Å²) in [6, 6.07) is 10.2. The van der Waals surface area contributed by atoms with Crippen LogP contribution in [0.1, 0.15) is 34.3 Å². The van der Waals surface area contributed by atoms with Gasteiger partial charge in [0.15, 0.2) is 0 Å². The number of hydrogen-bond acceptors (Lipinski definition) is 4. The Bertz CT molecular complexity index is 1110. The predicted molar refractivity (Wildman–Crippen MR) is 106 cm³/mol. The van der Waals surface area contributed by atoms with E-state index < -0.39 is 26.4 Å². The third kappa shape index (κ3) is 3.94. The summed E-state index contributed by atoms with van der Waals surface area (Å²) >= 11 is 0. The zero-order valence-corrected chi connectivity index (χ0v) is 16.8. The first-order chi connectivity index (χ1) is 14.3. The molecule has 0 bridgehead atoms. The number of sulfone groups is 1. The third-order valence-electron chi connectivity index (χ3n) is 5.39. The van der Waals surface area contributed by atoms with Gasteiger partial charge in [-0.05, 0) is 54.7 Å². The summed E-state index contributed by atoms with van der Waals surface area (Å²) in [6.07, 6.45) is 2.58. The molecule has 0 radical (unpaired) electrons. The van der Waals surface area contributed by atoms with Crippen molar-refractivity contribution in [1.82, 2.24) is 4.90 Å². The highest BCUT2D eigenvalue weighted by atomic mass is 32.2. The largest absolute Gasteiger partial charge is 0.341 e. The van der Waals surface area contributed by atoms with Gasteiger partial charge in [0.25, 0.3) is 5.91 Å². The molecule has 9 heteroatoms. The van der Waals surface area contributed by atoms with Crippen molar-refractivity contribution < 1.29 is 26.8 Å². The van der Waals surface area contributed by atoms with Crippen LogP contribution in [-0.2, 0) is 27.6 Å². The fourth-order valence-corrected chi connectivity index (χ4v) is 4.54. The number of fused-ring (bicyclic) bond motifs is 1. The van der Waals surface area contributed by atoms with E-state index >= 15 is 0 Å². The molecule has 1 N–H and O–H groups in total. The van der Waals surface area contributed by atoms with E-state index in [0.717, 1.165) is 36.5 Å². The number of rotatable bonds is 5. The molecule has 1 fully saturated rings. The maximum Gasteiger partial charge on any atom is 0.341 e. The van der Waals surface area contributed by atoms with E-state index in [1.54, 1.807) is 12.1 Å². The third-order valence-corrected chi connectivity index (χ3v) is 6.83. The number of nitrogens with one attached hydrogen (secondary N) is 1. The molecule has 1 aliphatic heterocycles. The monoisotopic (exact) mass is 434 g/mol. The number of halogens is 2. The molecule has 2 aromatic carbocycles. The van der Waals surface area contributed by atoms with Crippen molar-refractivity contribution in [2.24, 2.45) is 5.92 Å². The highest BCUT2D eigenvalue weighted by Gasteiger charge is 2.35. The Hall–Kier alpha value is -2.81. The topological polar surface area (TPSA) is 83.6 Å². The Kier molecular flexibility index (Phi) is 5.31. The summed E-state index contributed by atoms with van der Waals surface area (Å²) in [5.41, 5.74) is 2.04. The molecule has 4 rings (SSSR count). The molecular formula is C21H20F2N2O4S. The van der Waals surface area contributed by atoms with Crippen molar-refractivity contribution in [3.05, 3.63) is 59.2 Å². The summed E-state index contributed by atoms with van der Waals surface area (Å²) < 4.78 is 49.7. The number of hydrogen-bond donors (Lipinski definition) is 1. The van der Waals surface area contributed by atoms with Gasteiger partial charge in [-0.15, -0.1) is 0 Å². The summed E-state index contributed by atoms with van der Waals surface area (Å²) in [5, 5.41) is 2.59. The predicted octanol–water partition coefficient (Wildman–Crippen LogP) is 3.23. The number of carbonyl (C=O) groups excluding carboxylic acids is 2. The molecule has 0 aromatic heterocycles. The van der Waals surface area contributed by atoms with E-state index in [0.29, 0.717) is 18.8 Å². The fraction of sp³-hybridized carbons (Fsp3) is 0.333. The molecule has 0 saturated heterocycles. The first-order valence-corrected chi connectivity index (χ1v) is 11.1. The molecule has 2 aromatic rings. The van der Waals surface area contributed by atoms with Crippen LogP contribution in [0.4, 0.5) is 14.5 Å². The van der Waals surface area contributed by atoms with Gasteiger partial charge in [0.05, 0.1) is 10.5 Å². The summed E-state index contributed by atoms with van der Waals surface area (Å²) in [4.78, 5) is 26.1. The minimum atomic E-state index is -4.92. The van der Waals surface area contributed by atoms with Gasteiger partial charge in [0, 0.05) is 24.7 Å². The van der Waals surface area contributed by atoms with Crippen molar-refractivity contribution in [3.8, 4) is 0 Å². The number of anilines is 1. The van der Waals surface area contributed by atoms with Crippen LogP contribution in [0.3, 0.4) is 0 Å². The standard InChI is InChI=1S/C21H20F2N2O4S/c22-21(23)30(28,29)18-4-2-1-3-17(18)19(26)24-16-8-7-13-9-10-25(12-15(13)11-16)20(27)14-5-6-14/h1-4,7-8,11,14,21H,5-6,9-10,12H2,(H,24,26). The van der Waals surface area contributed by atoms with Crippen molar-refractivity contribution in [1.29, 1.82) is 0 Å². The van der Waals surface area contributed by atoms with Crippen LogP contribution in [0.15, 0.2) is 47.4 Å². The van der Waals surface area contributed by atoms with Gasteiger partial charge in [0.1, 0.15) is 0 Å². The second-order valence-corrected chi connectivity index (χ2v) is 9.41. The Morgan fingerprint density at radius 3 is 2.50 bits per heavy atom. The van der Waals surface area contributed by atoms with Gasteiger partial charge in [-0.1, -0.05) is 18.2 Å². The van der Waals surface area contributed by atoms with Gasteiger partial charge in [-0.25, -0.2) is 8.42 Å². The number of amides is 2. The molecule has 1 aliphatic carbocycles. The molecule has 1 saturated carbocycles.